The van der Waals surface area contributed by atoms with E-state index in [2.05, 4.69) is 37.5 Å². The number of unbranched alkanes of at least 4 members (excludes halogenated alkanes) is 20. The Labute approximate surface area is 424 Å². The summed E-state index contributed by atoms with van der Waals surface area (Å²) >= 11 is 2.29. The summed E-state index contributed by atoms with van der Waals surface area (Å²) in [5.74, 6) is -0.136. The van der Waals surface area contributed by atoms with E-state index in [-0.39, 0.29) is 49.1 Å². The van der Waals surface area contributed by atoms with Gasteiger partial charge in [-0.2, -0.15) is 0 Å². The number of thioether (sulfide) groups is 2. The predicted molar refractivity (Wildman–Crippen MR) is 284 cm³/mol. The molecule has 0 rings (SSSR count). The molecule has 0 radical (unpaired) electrons. The van der Waals surface area contributed by atoms with Gasteiger partial charge in [0.15, 0.2) is 10.2 Å². The fraction of sp³-hybridized carbons (Fsp3) is 0.926. The number of carbonyl (C=O) groups is 4. The number of ether oxygens (including phenoxy) is 2. The maximum absolute atomic E-state index is 12.7. The molecule has 0 heterocycles. The Morgan fingerprint density at radius 1 is 0.382 bits per heavy atom. The highest BCUT2D eigenvalue weighted by molar-refractivity contribution is 8.13. The van der Waals surface area contributed by atoms with Crippen molar-refractivity contribution in [3.8, 4) is 0 Å². The van der Waals surface area contributed by atoms with E-state index in [9.17, 15) is 39.6 Å². The zero-order valence-electron chi connectivity index (χ0n) is 44.0. The van der Waals surface area contributed by atoms with Gasteiger partial charge in [-0.3, -0.25) is 29.0 Å². The molecule has 0 bridgehead atoms. The molecule has 0 aliphatic heterocycles. The molecule has 0 aromatic heterocycles. The summed E-state index contributed by atoms with van der Waals surface area (Å²) in [6.45, 7) is 11.4. The summed E-state index contributed by atoms with van der Waals surface area (Å²) in [5.41, 5.74) is 0. The Balaban J connectivity index is 4.57. The van der Waals surface area contributed by atoms with E-state index in [4.69, 9.17) is 9.47 Å². The third kappa shape index (κ3) is 45.9. The van der Waals surface area contributed by atoms with Crippen LogP contribution in [0, 0.1) is 0 Å². The van der Waals surface area contributed by atoms with Crippen LogP contribution in [0.25, 0.3) is 0 Å². The molecule has 0 aromatic carbocycles. The molecule has 0 spiro atoms. The number of aliphatic hydroxyl groups excluding tert-OH is 4. The highest BCUT2D eigenvalue weighted by atomic mass is 32.2. The van der Waals surface area contributed by atoms with E-state index in [0.29, 0.717) is 50.8 Å². The first-order chi connectivity index (χ1) is 32.9. The van der Waals surface area contributed by atoms with Crippen LogP contribution in [0.3, 0.4) is 0 Å². The van der Waals surface area contributed by atoms with Crippen molar-refractivity contribution in [3.63, 3.8) is 0 Å². The molecule has 0 amide bonds. The van der Waals surface area contributed by atoms with Crippen molar-refractivity contribution in [2.45, 2.75) is 258 Å². The Hall–Kier alpha value is -1.26. The first-order valence-electron chi connectivity index (χ1n) is 27.7. The molecule has 12 nitrogen and oxygen atoms in total. The van der Waals surface area contributed by atoms with Crippen LogP contribution < -0.4 is 0 Å². The number of esters is 2. The Morgan fingerprint density at radius 3 is 0.897 bits per heavy atom. The summed E-state index contributed by atoms with van der Waals surface area (Å²) < 4.78 is 10.4. The van der Waals surface area contributed by atoms with E-state index in [1.165, 1.54) is 103 Å². The fourth-order valence-electron chi connectivity index (χ4n) is 8.30. The van der Waals surface area contributed by atoms with Gasteiger partial charge in [0.2, 0.25) is 0 Å². The van der Waals surface area contributed by atoms with Crippen LogP contribution in [0.2, 0.25) is 0 Å². The molecular weight excluding hydrogens is 901 g/mol. The van der Waals surface area contributed by atoms with Gasteiger partial charge in [0.1, 0.15) is 13.2 Å². The second-order valence-corrected chi connectivity index (χ2v) is 21.5. The Bertz CT molecular complexity index is 1050. The molecule has 402 valence electrons. The summed E-state index contributed by atoms with van der Waals surface area (Å²) in [6, 6.07) is 0. The van der Waals surface area contributed by atoms with Crippen LogP contribution in [0.5, 0.6) is 0 Å². The van der Waals surface area contributed by atoms with Gasteiger partial charge in [0.05, 0.1) is 37.3 Å². The second kappa shape index (κ2) is 49.3. The number of hydrogen-bond acceptors (Lipinski definition) is 14. The van der Waals surface area contributed by atoms with E-state index >= 15 is 0 Å². The molecule has 0 fully saturated rings. The van der Waals surface area contributed by atoms with Crippen LogP contribution in [0.1, 0.15) is 233 Å². The van der Waals surface area contributed by atoms with Crippen LogP contribution in [0.15, 0.2) is 0 Å². The Kier molecular flexibility index (Phi) is 48.4. The lowest BCUT2D eigenvalue weighted by molar-refractivity contribution is -0.152. The van der Waals surface area contributed by atoms with Crippen LogP contribution in [-0.4, -0.2) is 141 Å². The molecule has 0 aliphatic rings. The quantitative estimate of drug-likeness (QED) is 0.0335. The van der Waals surface area contributed by atoms with Crippen molar-refractivity contribution < 1.29 is 49.1 Å². The smallest absolute Gasteiger partial charge is 0.306 e. The molecule has 0 aliphatic carbocycles. The first kappa shape index (κ1) is 66.7. The standard InChI is InChI=1S/C54H104N2O10S2/c1-5-9-13-17-21-25-29-47(57)43-55(44-48(58)30-26-22-18-14-10-6-2)37-41-67-53(63)35-33-51(61)65-39-40-66-52(62)34-36-54(64)68-42-38-56(45-49(59)31-27-23-19-15-11-7-3)46-50(60)32-28-24-20-16-12-8-4/h47-50,57-60H,5-46H2,1-4H3. The molecule has 4 N–H and O–H groups in total. The van der Waals surface area contributed by atoms with Gasteiger partial charge in [0.25, 0.3) is 0 Å². The molecule has 4 atom stereocenters. The van der Waals surface area contributed by atoms with E-state index < -0.39 is 36.4 Å². The average Bonchev–Trinajstić information content (AvgIpc) is 3.30. The van der Waals surface area contributed by atoms with E-state index in [1.54, 1.807) is 0 Å². The number of carbonyl (C=O) groups excluding carboxylic acids is 4. The highest BCUT2D eigenvalue weighted by Gasteiger charge is 2.19. The monoisotopic (exact) mass is 1000 g/mol. The molecular formula is C54H104N2O10S2. The van der Waals surface area contributed by atoms with Crippen LogP contribution >= 0.6 is 23.5 Å². The topological polar surface area (TPSA) is 174 Å². The zero-order chi connectivity index (χ0) is 50.3. The summed E-state index contributed by atoms with van der Waals surface area (Å²) in [5, 5.41) is 43.0. The van der Waals surface area contributed by atoms with Crippen molar-refractivity contribution in [2.24, 2.45) is 0 Å². The summed E-state index contributed by atoms with van der Waals surface area (Å²) in [7, 11) is 0. The normalized spacial score (nSPS) is 13.5. The van der Waals surface area contributed by atoms with Crippen molar-refractivity contribution in [3.05, 3.63) is 0 Å². The lowest BCUT2D eigenvalue weighted by atomic mass is 10.1. The Morgan fingerprint density at radius 2 is 0.632 bits per heavy atom. The molecule has 0 saturated carbocycles. The van der Waals surface area contributed by atoms with Gasteiger partial charge in [0, 0.05) is 63.6 Å². The predicted octanol–water partition coefficient (Wildman–Crippen LogP) is 11.2. The van der Waals surface area contributed by atoms with Crippen molar-refractivity contribution in [1.82, 2.24) is 9.80 Å². The van der Waals surface area contributed by atoms with E-state index in [1.807, 2.05) is 0 Å². The van der Waals surface area contributed by atoms with Crippen LogP contribution in [0.4, 0.5) is 0 Å². The van der Waals surface area contributed by atoms with Gasteiger partial charge >= 0.3 is 11.9 Å². The molecule has 0 aromatic rings. The minimum atomic E-state index is -0.558. The maximum Gasteiger partial charge on any atom is 0.306 e. The minimum absolute atomic E-state index is 0.0156. The molecule has 4 unspecified atom stereocenters. The SMILES string of the molecule is CCCCCCCCC(O)CN(CCSC(=O)CCC(=O)OCCOC(=O)CCC(=O)SCCN(CC(O)CCCCCCCC)CC(O)CCCCCCCC)CC(O)CCCCCCCC. The van der Waals surface area contributed by atoms with Crippen molar-refractivity contribution >= 4 is 45.7 Å². The maximum atomic E-state index is 12.7. The summed E-state index contributed by atoms with van der Waals surface area (Å²) in [6.07, 6.45) is 28.6. The number of rotatable bonds is 51. The molecule has 14 heteroatoms. The van der Waals surface area contributed by atoms with E-state index in [0.717, 1.165) is 101 Å². The summed E-state index contributed by atoms with van der Waals surface area (Å²) in [4.78, 5) is 54.1. The van der Waals surface area contributed by atoms with Gasteiger partial charge in [-0.15, -0.1) is 0 Å². The first-order valence-corrected chi connectivity index (χ1v) is 29.7. The number of aliphatic hydroxyl groups is 4. The van der Waals surface area contributed by atoms with Gasteiger partial charge in [-0.1, -0.05) is 205 Å². The van der Waals surface area contributed by atoms with Gasteiger partial charge in [-0.25, -0.2) is 0 Å². The van der Waals surface area contributed by atoms with Crippen molar-refractivity contribution in [1.29, 1.82) is 0 Å². The molecule has 0 saturated heterocycles. The lowest BCUT2D eigenvalue weighted by Crippen LogP contribution is -2.39. The average molecular weight is 1010 g/mol. The molecule has 68 heavy (non-hydrogen) atoms. The highest BCUT2D eigenvalue weighted by Crippen LogP contribution is 2.17. The second-order valence-electron chi connectivity index (χ2n) is 19.2. The number of nitrogens with zero attached hydrogens (tertiary/aromatic N) is 2. The van der Waals surface area contributed by atoms with Gasteiger partial charge in [-0.05, 0) is 25.7 Å². The zero-order valence-corrected chi connectivity index (χ0v) is 45.6. The largest absolute Gasteiger partial charge is 0.462 e. The van der Waals surface area contributed by atoms with Gasteiger partial charge < -0.3 is 29.9 Å². The third-order valence-electron chi connectivity index (χ3n) is 12.5. The van der Waals surface area contributed by atoms with Crippen molar-refractivity contribution in [2.75, 3.05) is 64.0 Å². The lowest BCUT2D eigenvalue weighted by Gasteiger charge is -2.27. The minimum Gasteiger partial charge on any atom is -0.462 e. The van der Waals surface area contributed by atoms with Crippen LogP contribution in [-0.2, 0) is 28.7 Å². The fourth-order valence-corrected chi connectivity index (χ4v) is 9.94. The number of hydrogen-bond donors (Lipinski definition) is 4. The third-order valence-corrected chi connectivity index (χ3v) is 14.3.